The molecule has 15 heteroatoms. The number of carbonyl (C=O) groups is 1. The van der Waals surface area contributed by atoms with E-state index >= 15 is 0 Å². The zero-order valence-corrected chi connectivity index (χ0v) is 21.2. The van der Waals surface area contributed by atoms with Crippen LogP contribution in [0.5, 0.6) is 0 Å². The lowest BCUT2D eigenvalue weighted by Crippen LogP contribution is -2.16. The predicted molar refractivity (Wildman–Crippen MR) is 132 cm³/mol. The van der Waals surface area contributed by atoms with Crippen molar-refractivity contribution in [1.82, 2.24) is 0 Å². The minimum Gasteiger partial charge on any atom is -0.322 e. The average molecular weight is 582 g/mol. The van der Waals surface area contributed by atoms with Crippen molar-refractivity contribution in [1.29, 1.82) is 0 Å². The quantitative estimate of drug-likeness (QED) is 0.343. The van der Waals surface area contributed by atoms with E-state index in [2.05, 4.69) is 10.0 Å². The van der Waals surface area contributed by atoms with E-state index in [9.17, 15) is 34.8 Å². The SMILES string of the molecule is CS(=O)(=O)Nc1ccc(Cl)c(C(=O)Nc2ccc(S(=O)(=O)Nc3ccc(Cl)c(C(F)(F)F)c3)cc2)c1. The zero-order chi connectivity index (χ0) is 26.9. The molecular weight excluding hydrogens is 566 g/mol. The van der Waals surface area contributed by atoms with Gasteiger partial charge in [0.2, 0.25) is 10.0 Å². The second-order valence-corrected chi connectivity index (χ2v) is 11.6. The van der Waals surface area contributed by atoms with Gasteiger partial charge in [-0.1, -0.05) is 23.2 Å². The molecule has 0 heterocycles. The number of sulfonamides is 2. The minimum atomic E-state index is -4.78. The summed E-state index contributed by atoms with van der Waals surface area (Å²) < 4.78 is 91.4. The molecule has 0 saturated heterocycles. The molecular formula is C21H16Cl2F3N3O5S2. The van der Waals surface area contributed by atoms with Gasteiger partial charge >= 0.3 is 6.18 Å². The van der Waals surface area contributed by atoms with Gasteiger partial charge in [-0.05, 0) is 60.7 Å². The van der Waals surface area contributed by atoms with Gasteiger partial charge in [-0.15, -0.1) is 0 Å². The first-order valence-corrected chi connectivity index (χ1v) is 13.8. The highest BCUT2D eigenvalue weighted by atomic mass is 35.5. The first kappa shape index (κ1) is 27.6. The Kier molecular flexibility index (Phi) is 7.79. The van der Waals surface area contributed by atoms with Crippen LogP contribution in [0.25, 0.3) is 0 Å². The van der Waals surface area contributed by atoms with E-state index in [1.807, 2.05) is 4.72 Å². The molecule has 0 aliphatic carbocycles. The molecule has 3 rings (SSSR count). The normalized spacial score (nSPS) is 12.2. The number of carbonyl (C=O) groups excluding carboxylic acids is 1. The molecule has 192 valence electrons. The van der Waals surface area contributed by atoms with Crippen molar-refractivity contribution in [3.8, 4) is 0 Å². The van der Waals surface area contributed by atoms with E-state index in [1.54, 1.807) is 0 Å². The highest BCUT2D eigenvalue weighted by Crippen LogP contribution is 2.36. The number of nitrogens with one attached hydrogen (secondary N) is 3. The van der Waals surface area contributed by atoms with Crippen molar-refractivity contribution in [3.63, 3.8) is 0 Å². The van der Waals surface area contributed by atoms with Gasteiger partial charge in [-0.2, -0.15) is 13.2 Å². The molecule has 0 fully saturated rings. The van der Waals surface area contributed by atoms with E-state index in [1.165, 1.54) is 30.3 Å². The van der Waals surface area contributed by atoms with Crippen LogP contribution in [-0.2, 0) is 26.2 Å². The summed E-state index contributed by atoms with van der Waals surface area (Å²) >= 11 is 11.6. The molecule has 0 atom stereocenters. The molecule has 0 radical (unpaired) electrons. The van der Waals surface area contributed by atoms with Crippen molar-refractivity contribution in [2.75, 3.05) is 21.0 Å². The van der Waals surface area contributed by atoms with E-state index in [-0.39, 0.29) is 32.5 Å². The largest absolute Gasteiger partial charge is 0.417 e. The Bertz CT molecular complexity index is 1530. The number of hydrogen-bond acceptors (Lipinski definition) is 5. The second-order valence-electron chi connectivity index (χ2n) is 7.35. The fourth-order valence-corrected chi connectivity index (χ4v) is 4.95. The van der Waals surface area contributed by atoms with Crippen LogP contribution in [0.1, 0.15) is 15.9 Å². The number of hydrogen-bond donors (Lipinski definition) is 3. The minimum absolute atomic E-state index is 0.0381. The maximum absolute atomic E-state index is 13.0. The molecule has 0 saturated carbocycles. The molecule has 0 aromatic heterocycles. The predicted octanol–water partition coefficient (Wildman–Crippen LogP) is 5.44. The van der Waals surface area contributed by atoms with Crippen LogP contribution < -0.4 is 14.8 Å². The van der Waals surface area contributed by atoms with Crippen LogP contribution >= 0.6 is 23.2 Å². The van der Waals surface area contributed by atoms with Gasteiger partial charge in [-0.25, -0.2) is 16.8 Å². The summed E-state index contributed by atoms with van der Waals surface area (Å²) in [7, 11) is -7.87. The van der Waals surface area contributed by atoms with Crippen molar-refractivity contribution in [2.24, 2.45) is 0 Å². The first-order valence-electron chi connectivity index (χ1n) is 9.63. The highest BCUT2D eigenvalue weighted by Gasteiger charge is 2.33. The first-order chi connectivity index (χ1) is 16.5. The summed E-state index contributed by atoms with van der Waals surface area (Å²) in [4.78, 5) is 12.3. The van der Waals surface area contributed by atoms with Gasteiger partial charge < -0.3 is 5.32 Å². The van der Waals surface area contributed by atoms with Crippen LogP contribution in [0.4, 0.5) is 30.2 Å². The fraction of sp³-hybridized carbons (Fsp3) is 0.0952. The highest BCUT2D eigenvalue weighted by molar-refractivity contribution is 7.92. The molecule has 0 aliphatic rings. The Labute approximate surface area is 214 Å². The summed E-state index contributed by atoms with van der Waals surface area (Å²) in [6.07, 6.45) is -3.84. The number of anilines is 3. The maximum atomic E-state index is 13.0. The van der Waals surface area contributed by atoms with Crippen LogP contribution in [0.2, 0.25) is 10.0 Å². The Morgan fingerprint density at radius 2 is 1.31 bits per heavy atom. The van der Waals surface area contributed by atoms with E-state index in [4.69, 9.17) is 23.2 Å². The lowest BCUT2D eigenvalue weighted by molar-refractivity contribution is -0.137. The molecule has 8 nitrogen and oxygen atoms in total. The zero-order valence-electron chi connectivity index (χ0n) is 18.0. The molecule has 0 unspecified atom stereocenters. The second kappa shape index (κ2) is 10.2. The van der Waals surface area contributed by atoms with Crippen LogP contribution in [-0.4, -0.2) is 29.0 Å². The summed E-state index contributed by atoms with van der Waals surface area (Å²) in [5.41, 5.74) is -1.32. The molecule has 3 N–H and O–H groups in total. The third-order valence-corrected chi connectivity index (χ3v) is 7.12. The molecule has 36 heavy (non-hydrogen) atoms. The standard InChI is InChI=1S/C21H16Cl2F3N3O5S2/c1-35(31,32)28-13-4-8-18(22)16(10-13)20(30)27-12-2-6-15(7-3-12)36(33,34)29-14-5-9-19(23)17(11-14)21(24,25)26/h2-11,28-29H,1H3,(H,27,30). The Morgan fingerprint density at radius 1 is 0.778 bits per heavy atom. The molecule has 1 amide bonds. The van der Waals surface area contributed by atoms with Crippen LogP contribution in [0.3, 0.4) is 0 Å². The van der Waals surface area contributed by atoms with Gasteiger partial charge in [0.05, 0.1) is 32.3 Å². The smallest absolute Gasteiger partial charge is 0.322 e. The fourth-order valence-electron chi connectivity index (χ4n) is 2.91. The summed E-state index contributed by atoms with van der Waals surface area (Å²) in [5, 5.41) is 1.95. The topological polar surface area (TPSA) is 121 Å². The maximum Gasteiger partial charge on any atom is 0.417 e. The number of halogens is 5. The van der Waals surface area contributed by atoms with Crippen molar-refractivity contribution in [2.45, 2.75) is 11.1 Å². The van der Waals surface area contributed by atoms with E-state index < -0.39 is 42.7 Å². The van der Waals surface area contributed by atoms with Gasteiger partial charge in [0, 0.05) is 17.1 Å². The molecule has 0 spiro atoms. The van der Waals surface area contributed by atoms with Crippen molar-refractivity contribution < 1.29 is 34.8 Å². The summed E-state index contributed by atoms with van der Waals surface area (Å²) in [6.45, 7) is 0. The molecule has 0 bridgehead atoms. The monoisotopic (exact) mass is 581 g/mol. The van der Waals surface area contributed by atoms with Gasteiger partial charge in [0.1, 0.15) is 0 Å². The third kappa shape index (κ3) is 7.03. The number of benzene rings is 3. The Morgan fingerprint density at radius 3 is 1.86 bits per heavy atom. The van der Waals surface area contributed by atoms with Crippen molar-refractivity contribution >= 4 is 66.2 Å². The average Bonchev–Trinajstić information content (AvgIpc) is 2.75. The van der Waals surface area contributed by atoms with Gasteiger partial charge in [0.15, 0.2) is 0 Å². The van der Waals surface area contributed by atoms with Gasteiger partial charge in [-0.3, -0.25) is 14.2 Å². The van der Waals surface area contributed by atoms with E-state index in [0.717, 1.165) is 30.5 Å². The molecule has 3 aromatic rings. The number of rotatable bonds is 7. The van der Waals surface area contributed by atoms with Crippen LogP contribution in [0, 0.1) is 0 Å². The molecule has 3 aromatic carbocycles. The third-order valence-electron chi connectivity index (χ3n) is 4.46. The lowest BCUT2D eigenvalue weighted by Gasteiger charge is -2.13. The number of amides is 1. The van der Waals surface area contributed by atoms with E-state index in [0.29, 0.717) is 6.07 Å². The summed E-state index contributed by atoms with van der Waals surface area (Å²) in [6, 6.07) is 11.3. The lowest BCUT2D eigenvalue weighted by atomic mass is 10.2. The Balaban J connectivity index is 1.77. The Hall–Kier alpha value is -3.00. The van der Waals surface area contributed by atoms with Crippen LogP contribution in [0.15, 0.2) is 65.6 Å². The molecule has 0 aliphatic heterocycles. The van der Waals surface area contributed by atoms with Crippen molar-refractivity contribution in [3.05, 3.63) is 81.8 Å². The van der Waals surface area contributed by atoms with Gasteiger partial charge in [0.25, 0.3) is 15.9 Å². The summed E-state index contributed by atoms with van der Waals surface area (Å²) in [5.74, 6) is -0.702. The number of alkyl halides is 3.